The van der Waals surface area contributed by atoms with Gasteiger partial charge in [-0.2, -0.15) is 0 Å². The number of hydrogen-bond donors (Lipinski definition) is 2. The van der Waals surface area contributed by atoms with Crippen LogP contribution in [0.4, 0.5) is 0 Å². The van der Waals surface area contributed by atoms with Gasteiger partial charge < -0.3 is 10.2 Å². The van der Waals surface area contributed by atoms with E-state index in [0.717, 1.165) is 23.7 Å². The molecule has 5 heteroatoms. The molecule has 1 rings (SSSR count). The topological polar surface area (TPSA) is 74.6 Å². The Bertz CT molecular complexity index is 417. The van der Waals surface area contributed by atoms with Gasteiger partial charge in [0.25, 0.3) is 0 Å². The number of aliphatic carboxylic acids is 1. The number of carbonyl (C=O) groups excluding carboxylic acids is 1. The monoisotopic (exact) mass is 300 g/mol. The number of rotatable bonds is 6. The van der Waals surface area contributed by atoms with Crippen molar-refractivity contribution in [1.82, 2.24) is 0 Å². The molecule has 0 aliphatic heterocycles. The molecule has 1 aromatic carbocycles. The number of carboxylic acid groups (broad SMARTS) is 1. The highest BCUT2D eigenvalue weighted by atomic mass is 79.9. The van der Waals surface area contributed by atoms with Gasteiger partial charge in [0.05, 0.1) is 0 Å². The van der Waals surface area contributed by atoms with Crippen molar-refractivity contribution in [1.29, 1.82) is 0 Å². The van der Waals surface area contributed by atoms with Crippen molar-refractivity contribution in [2.45, 2.75) is 18.9 Å². The number of hydrogen-bond acceptors (Lipinski definition) is 3. The minimum Gasteiger partial charge on any atom is -0.479 e. The molecule has 0 saturated carbocycles. The second kappa shape index (κ2) is 6.51. The molecule has 4 nitrogen and oxygen atoms in total. The fourth-order valence-corrected chi connectivity index (χ4v) is 1.82. The Kier molecular flexibility index (Phi) is 5.31. The normalized spacial score (nSPS) is 12.1. The van der Waals surface area contributed by atoms with Crippen LogP contribution in [0.3, 0.4) is 0 Å². The van der Waals surface area contributed by atoms with Gasteiger partial charge in [-0.1, -0.05) is 28.1 Å². The van der Waals surface area contributed by atoms with Crippen LogP contribution in [0.1, 0.15) is 34.0 Å². The molecule has 0 saturated heterocycles. The fraction of sp³-hybridized carbons (Fsp3) is 0.333. The highest BCUT2D eigenvalue weighted by Crippen LogP contribution is 2.19. The van der Waals surface area contributed by atoms with E-state index in [9.17, 15) is 14.7 Å². The van der Waals surface area contributed by atoms with Crippen LogP contribution in [0.25, 0.3) is 0 Å². The molecule has 1 atom stereocenters. The third-order valence-electron chi connectivity index (χ3n) is 2.41. The molecule has 1 unspecified atom stereocenters. The summed E-state index contributed by atoms with van der Waals surface area (Å²) in [6.07, 6.45) is 0.647. The van der Waals surface area contributed by atoms with Gasteiger partial charge in [0.1, 0.15) is 6.29 Å². The van der Waals surface area contributed by atoms with Crippen molar-refractivity contribution in [2.75, 3.05) is 5.33 Å². The predicted molar refractivity (Wildman–Crippen MR) is 66.5 cm³/mol. The number of aliphatic hydroxyl groups is 1. The lowest BCUT2D eigenvalue weighted by Gasteiger charge is -2.10. The highest BCUT2D eigenvalue weighted by Gasteiger charge is 2.19. The molecule has 0 aliphatic rings. The first-order valence-corrected chi connectivity index (χ1v) is 6.27. The Morgan fingerprint density at radius 1 is 1.47 bits per heavy atom. The molecule has 17 heavy (non-hydrogen) atoms. The standard InChI is InChI=1S/C12H13BrO4/c13-5-1-2-8-3-4-10(9(6-8)7-14)11(15)12(16)17/h3-4,6-7,11,15H,1-2,5H2,(H,16,17). The molecule has 0 bridgehead atoms. The van der Waals surface area contributed by atoms with Crippen LogP contribution >= 0.6 is 15.9 Å². The molecule has 2 N–H and O–H groups in total. The van der Waals surface area contributed by atoms with Gasteiger partial charge in [-0.3, -0.25) is 4.79 Å². The molecular weight excluding hydrogens is 288 g/mol. The predicted octanol–water partition coefficient (Wildman–Crippen LogP) is 1.94. The summed E-state index contributed by atoms with van der Waals surface area (Å²) >= 11 is 3.31. The van der Waals surface area contributed by atoms with E-state index in [-0.39, 0.29) is 11.1 Å². The number of aldehydes is 1. The Hall–Kier alpha value is -1.20. The molecular formula is C12H13BrO4. The van der Waals surface area contributed by atoms with Crippen LogP contribution in [-0.4, -0.2) is 27.8 Å². The van der Waals surface area contributed by atoms with Crippen molar-refractivity contribution in [3.63, 3.8) is 0 Å². The zero-order chi connectivity index (χ0) is 12.8. The van der Waals surface area contributed by atoms with Crippen LogP contribution in [0.15, 0.2) is 18.2 Å². The van der Waals surface area contributed by atoms with Gasteiger partial charge >= 0.3 is 5.97 Å². The van der Waals surface area contributed by atoms with Crippen molar-refractivity contribution in [3.05, 3.63) is 34.9 Å². The summed E-state index contributed by atoms with van der Waals surface area (Å²) in [6, 6.07) is 4.85. The molecule has 0 aliphatic carbocycles. The number of alkyl halides is 1. The molecule has 0 radical (unpaired) electrons. The highest BCUT2D eigenvalue weighted by molar-refractivity contribution is 9.09. The lowest BCUT2D eigenvalue weighted by atomic mass is 9.98. The molecule has 1 aromatic rings. The van der Waals surface area contributed by atoms with Crippen LogP contribution in [0.5, 0.6) is 0 Å². The number of aliphatic hydroxyl groups excluding tert-OH is 1. The largest absolute Gasteiger partial charge is 0.479 e. The summed E-state index contributed by atoms with van der Waals surface area (Å²) in [5.74, 6) is -1.36. The SMILES string of the molecule is O=Cc1cc(CCCBr)ccc1C(O)C(=O)O. The molecule has 0 fully saturated rings. The third kappa shape index (κ3) is 3.64. The first-order valence-electron chi connectivity index (χ1n) is 5.15. The van der Waals surface area contributed by atoms with Crippen LogP contribution in [0, 0.1) is 0 Å². The maximum absolute atomic E-state index is 10.9. The summed E-state index contributed by atoms with van der Waals surface area (Å²) in [6.45, 7) is 0. The number of benzene rings is 1. The number of halogens is 1. The van der Waals surface area contributed by atoms with Crippen molar-refractivity contribution >= 4 is 28.2 Å². The zero-order valence-electron chi connectivity index (χ0n) is 9.10. The van der Waals surface area contributed by atoms with Gasteiger partial charge in [0.2, 0.25) is 0 Å². The first kappa shape index (κ1) is 13.9. The van der Waals surface area contributed by atoms with Gasteiger partial charge in [0.15, 0.2) is 6.10 Å². The molecule has 0 heterocycles. The number of carbonyl (C=O) groups is 2. The Morgan fingerprint density at radius 3 is 2.71 bits per heavy atom. The van der Waals surface area contributed by atoms with Crippen molar-refractivity contribution in [3.8, 4) is 0 Å². The van der Waals surface area contributed by atoms with E-state index in [1.807, 2.05) is 0 Å². The summed E-state index contributed by atoms with van der Waals surface area (Å²) in [7, 11) is 0. The Morgan fingerprint density at radius 2 is 2.18 bits per heavy atom. The average molecular weight is 301 g/mol. The summed E-state index contributed by atoms with van der Waals surface area (Å²) in [5, 5.41) is 19.0. The number of aryl methyl sites for hydroxylation is 1. The van der Waals surface area contributed by atoms with Crippen LogP contribution in [0.2, 0.25) is 0 Å². The maximum Gasteiger partial charge on any atom is 0.337 e. The number of carboxylic acids is 1. The molecule has 0 amide bonds. The summed E-state index contributed by atoms with van der Waals surface area (Å²) in [5.41, 5.74) is 1.31. The van der Waals surface area contributed by atoms with E-state index < -0.39 is 12.1 Å². The minimum absolute atomic E-state index is 0.134. The van der Waals surface area contributed by atoms with Crippen molar-refractivity contribution < 1.29 is 19.8 Å². The fourth-order valence-electron chi connectivity index (χ4n) is 1.53. The molecule has 0 aromatic heterocycles. The van der Waals surface area contributed by atoms with Crippen molar-refractivity contribution in [2.24, 2.45) is 0 Å². The van der Waals surface area contributed by atoms with E-state index in [2.05, 4.69) is 15.9 Å². The Labute approximate surface area is 107 Å². The van der Waals surface area contributed by atoms with E-state index >= 15 is 0 Å². The second-order valence-corrected chi connectivity index (χ2v) is 4.41. The average Bonchev–Trinajstić information content (AvgIpc) is 2.34. The molecule has 92 valence electrons. The van der Waals surface area contributed by atoms with Gasteiger partial charge in [-0.05, 0) is 24.5 Å². The first-order chi connectivity index (χ1) is 8.10. The maximum atomic E-state index is 10.9. The van der Waals surface area contributed by atoms with Gasteiger partial charge in [0, 0.05) is 16.5 Å². The quantitative estimate of drug-likeness (QED) is 0.622. The van der Waals surface area contributed by atoms with Crippen LogP contribution in [-0.2, 0) is 11.2 Å². The third-order valence-corrected chi connectivity index (χ3v) is 2.97. The smallest absolute Gasteiger partial charge is 0.337 e. The summed E-state index contributed by atoms with van der Waals surface area (Å²) in [4.78, 5) is 21.5. The minimum atomic E-state index is -1.65. The van der Waals surface area contributed by atoms with E-state index in [4.69, 9.17) is 5.11 Å². The van der Waals surface area contributed by atoms with E-state index in [0.29, 0.717) is 6.29 Å². The zero-order valence-corrected chi connectivity index (χ0v) is 10.7. The molecule has 0 spiro atoms. The van der Waals surface area contributed by atoms with E-state index in [1.165, 1.54) is 6.07 Å². The lowest BCUT2D eigenvalue weighted by molar-refractivity contribution is -0.146. The lowest BCUT2D eigenvalue weighted by Crippen LogP contribution is -2.12. The van der Waals surface area contributed by atoms with Gasteiger partial charge in [-0.25, -0.2) is 4.79 Å². The van der Waals surface area contributed by atoms with Crippen LogP contribution < -0.4 is 0 Å². The van der Waals surface area contributed by atoms with Gasteiger partial charge in [-0.15, -0.1) is 0 Å². The summed E-state index contributed by atoms with van der Waals surface area (Å²) < 4.78 is 0. The second-order valence-electron chi connectivity index (χ2n) is 3.61. The van der Waals surface area contributed by atoms with E-state index in [1.54, 1.807) is 12.1 Å². The Balaban J connectivity index is 3.00.